The van der Waals surface area contributed by atoms with Gasteiger partial charge in [0.2, 0.25) is 5.91 Å². The molecule has 0 N–H and O–H groups in total. The average Bonchev–Trinajstić information content (AvgIpc) is 3.32. The van der Waals surface area contributed by atoms with Crippen molar-refractivity contribution in [2.24, 2.45) is 0 Å². The van der Waals surface area contributed by atoms with Crippen molar-refractivity contribution in [3.05, 3.63) is 66.5 Å². The highest BCUT2D eigenvalue weighted by atomic mass is 16.5. The Hall–Kier alpha value is -4.01. The number of carbonyl (C=O) groups is 1. The van der Waals surface area contributed by atoms with Crippen molar-refractivity contribution >= 4 is 22.9 Å². The molecule has 1 aliphatic rings. The third kappa shape index (κ3) is 4.34. The molecular formula is C24H25N7O2. The zero-order valence-corrected chi connectivity index (χ0v) is 18.5. The van der Waals surface area contributed by atoms with E-state index in [1.807, 2.05) is 47.4 Å². The molecule has 33 heavy (non-hydrogen) atoms. The van der Waals surface area contributed by atoms with Gasteiger partial charge >= 0.3 is 0 Å². The molecule has 1 amide bonds. The van der Waals surface area contributed by atoms with E-state index in [1.165, 1.54) is 11.9 Å². The molecule has 5 rings (SSSR count). The molecule has 0 radical (unpaired) electrons. The van der Waals surface area contributed by atoms with E-state index in [2.05, 4.69) is 37.3 Å². The Morgan fingerprint density at radius 1 is 1.00 bits per heavy atom. The van der Waals surface area contributed by atoms with Gasteiger partial charge in [0.05, 0.1) is 12.8 Å². The maximum absolute atomic E-state index is 12.7. The average molecular weight is 444 g/mol. The van der Waals surface area contributed by atoms with E-state index in [1.54, 1.807) is 11.8 Å². The van der Waals surface area contributed by atoms with Crippen LogP contribution >= 0.6 is 0 Å². The van der Waals surface area contributed by atoms with Crippen molar-refractivity contribution in [1.82, 2.24) is 29.9 Å². The SMILES string of the molecule is COc1cccc(-n2nnc3c(N4CCN(C(=O)CCc5ccccc5)CC4)ncnc32)c1. The van der Waals surface area contributed by atoms with Gasteiger partial charge in [0.1, 0.15) is 12.1 Å². The first-order chi connectivity index (χ1) is 16.2. The molecule has 2 aromatic carbocycles. The van der Waals surface area contributed by atoms with Gasteiger partial charge in [-0.2, -0.15) is 4.68 Å². The van der Waals surface area contributed by atoms with E-state index >= 15 is 0 Å². The summed E-state index contributed by atoms with van der Waals surface area (Å²) in [4.78, 5) is 25.7. The van der Waals surface area contributed by atoms with Gasteiger partial charge in [-0.05, 0) is 24.1 Å². The molecule has 0 spiro atoms. The first-order valence-corrected chi connectivity index (χ1v) is 11.0. The van der Waals surface area contributed by atoms with Crippen LogP contribution in [-0.4, -0.2) is 69.1 Å². The minimum atomic E-state index is 0.190. The quantitative estimate of drug-likeness (QED) is 0.452. The van der Waals surface area contributed by atoms with E-state index in [-0.39, 0.29) is 5.91 Å². The number of rotatable bonds is 6. The van der Waals surface area contributed by atoms with Crippen LogP contribution in [0.1, 0.15) is 12.0 Å². The molecule has 0 unspecified atom stereocenters. The smallest absolute Gasteiger partial charge is 0.223 e. The van der Waals surface area contributed by atoms with Crippen LogP contribution in [0, 0.1) is 0 Å². The lowest BCUT2D eigenvalue weighted by Gasteiger charge is -2.35. The van der Waals surface area contributed by atoms with Gasteiger partial charge in [-0.1, -0.05) is 41.6 Å². The summed E-state index contributed by atoms with van der Waals surface area (Å²) >= 11 is 0. The number of amides is 1. The summed E-state index contributed by atoms with van der Waals surface area (Å²) in [5.74, 6) is 1.67. The highest BCUT2D eigenvalue weighted by Crippen LogP contribution is 2.25. The molecule has 168 valence electrons. The Labute approximate surface area is 191 Å². The first kappa shape index (κ1) is 20.9. The Morgan fingerprint density at radius 3 is 2.61 bits per heavy atom. The van der Waals surface area contributed by atoms with Crippen LogP contribution in [0.2, 0.25) is 0 Å². The van der Waals surface area contributed by atoms with E-state index in [9.17, 15) is 4.79 Å². The van der Waals surface area contributed by atoms with Crippen LogP contribution < -0.4 is 9.64 Å². The van der Waals surface area contributed by atoms with Crippen molar-refractivity contribution in [2.45, 2.75) is 12.8 Å². The van der Waals surface area contributed by atoms with Crippen LogP contribution in [0.15, 0.2) is 60.9 Å². The molecule has 1 fully saturated rings. The molecule has 9 heteroatoms. The van der Waals surface area contributed by atoms with Crippen molar-refractivity contribution in [1.29, 1.82) is 0 Å². The molecule has 4 aromatic rings. The number of methoxy groups -OCH3 is 1. The van der Waals surface area contributed by atoms with E-state index in [0.717, 1.165) is 23.7 Å². The molecule has 1 aliphatic heterocycles. The molecule has 9 nitrogen and oxygen atoms in total. The van der Waals surface area contributed by atoms with Crippen LogP contribution in [0.5, 0.6) is 5.75 Å². The largest absolute Gasteiger partial charge is 0.497 e. The van der Waals surface area contributed by atoms with Crippen molar-refractivity contribution in [3.8, 4) is 11.4 Å². The minimum Gasteiger partial charge on any atom is -0.497 e. The molecule has 2 aromatic heterocycles. The molecule has 1 saturated heterocycles. The summed E-state index contributed by atoms with van der Waals surface area (Å²) in [5, 5.41) is 8.68. The fraction of sp³-hybridized carbons (Fsp3) is 0.292. The van der Waals surface area contributed by atoms with Crippen LogP contribution in [0.25, 0.3) is 16.9 Å². The van der Waals surface area contributed by atoms with Crippen LogP contribution in [0.4, 0.5) is 5.82 Å². The van der Waals surface area contributed by atoms with Crippen molar-refractivity contribution in [2.75, 3.05) is 38.2 Å². The predicted molar refractivity (Wildman–Crippen MR) is 125 cm³/mol. The number of fused-ring (bicyclic) bond motifs is 1. The van der Waals surface area contributed by atoms with Gasteiger partial charge < -0.3 is 14.5 Å². The van der Waals surface area contributed by atoms with Gasteiger partial charge in [-0.15, -0.1) is 5.10 Å². The fourth-order valence-corrected chi connectivity index (χ4v) is 4.11. The molecular weight excluding hydrogens is 418 g/mol. The highest BCUT2D eigenvalue weighted by molar-refractivity contribution is 5.84. The Balaban J connectivity index is 1.28. The lowest BCUT2D eigenvalue weighted by Crippen LogP contribution is -2.49. The van der Waals surface area contributed by atoms with Crippen LogP contribution in [-0.2, 0) is 11.2 Å². The van der Waals surface area contributed by atoms with E-state index in [4.69, 9.17) is 4.74 Å². The number of aromatic nitrogens is 5. The Morgan fingerprint density at radius 2 is 1.82 bits per heavy atom. The maximum atomic E-state index is 12.7. The van der Waals surface area contributed by atoms with E-state index < -0.39 is 0 Å². The van der Waals surface area contributed by atoms with Gasteiger partial charge in [0.25, 0.3) is 0 Å². The van der Waals surface area contributed by atoms with Gasteiger partial charge in [-0.3, -0.25) is 4.79 Å². The first-order valence-electron chi connectivity index (χ1n) is 11.0. The highest BCUT2D eigenvalue weighted by Gasteiger charge is 2.24. The number of benzene rings is 2. The minimum absolute atomic E-state index is 0.190. The summed E-state index contributed by atoms with van der Waals surface area (Å²) in [6.07, 6.45) is 2.82. The van der Waals surface area contributed by atoms with Gasteiger partial charge in [0, 0.05) is 38.7 Å². The normalized spacial score (nSPS) is 14.0. The number of anilines is 1. The lowest BCUT2D eigenvalue weighted by atomic mass is 10.1. The summed E-state index contributed by atoms with van der Waals surface area (Å²) < 4.78 is 7.01. The fourth-order valence-electron chi connectivity index (χ4n) is 4.11. The molecule has 0 atom stereocenters. The monoisotopic (exact) mass is 443 g/mol. The number of ether oxygens (including phenoxy) is 1. The molecule has 0 aliphatic carbocycles. The topological polar surface area (TPSA) is 89.3 Å². The zero-order valence-electron chi connectivity index (χ0n) is 18.5. The molecule has 0 bridgehead atoms. The number of hydrogen-bond acceptors (Lipinski definition) is 7. The second-order valence-electron chi connectivity index (χ2n) is 7.93. The number of piperazine rings is 1. The van der Waals surface area contributed by atoms with Gasteiger partial charge in [-0.25, -0.2) is 9.97 Å². The molecule has 3 heterocycles. The zero-order chi connectivity index (χ0) is 22.6. The third-order valence-corrected chi connectivity index (χ3v) is 5.92. The number of carbonyl (C=O) groups excluding carboxylic acids is 1. The summed E-state index contributed by atoms with van der Waals surface area (Å²) in [7, 11) is 1.63. The summed E-state index contributed by atoms with van der Waals surface area (Å²) in [5.41, 5.74) is 3.28. The number of hydrogen-bond donors (Lipinski definition) is 0. The second-order valence-corrected chi connectivity index (χ2v) is 7.93. The Bertz CT molecular complexity index is 1250. The number of nitrogens with zero attached hydrogens (tertiary/aromatic N) is 7. The predicted octanol–water partition coefficient (Wildman–Crippen LogP) is 2.50. The standard InChI is InChI=1S/C24H25N7O2/c1-33-20-9-5-8-19(16-20)31-24-22(27-28-31)23(25-17-26-24)30-14-12-29(13-15-30)21(32)11-10-18-6-3-2-4-7-18/h2-9,16-17H,10-15H2,1H3. The second kappa shape index (κ2) is 9.23. The summed E-state index contributed by atoms with van der Waals surface area (Å²) in [6, 6.07) is 17.7. The molecule has 0 saturated carbocycles. The maximum Gasteiger partial charge on any atom is 0.223 e. The number of aryl methyl sites for hydroxylation is 1. The Kier molecular flexibility index (Phi) is 5.84. The van der Waals surface area contributed by atoms with Crippen molar-refractivity contribution < 1.29 is 9.53 Å². The van der Waals surface area contributed by atoms with E-state index in [0.29, 0.717) is 43.8 Å². The summed E-state index contributed by atoms with van der Waals surface area (Å²) in [6.45, 7) is 2.69. The van der Waals surface area contributed by atoms with Gasteiger partial charge in [0.15, 0.2) is 17.0 Å². The lowest BCUT2D eigenvalue weighted by molar-refractivity contribution is -0.131. The van der Waals surface area contributed by atoms with Crippen LogP contribution in [0.3, 0.4) is 0 Å². The third-order valence-electron chi connectivity index (χ3n) is 5.92. The van der Waals surface area contributed by atoms with Crippen molar-refractivity contribution in [3.63, 3.8) is 0 Å².